The number of primary amides is 1. The molecule has 0 saturated carbocycles. The summed E-state index contributed by atoms with van der Waals surface area (Å²) in [6.07, 6.45) is -9.02. The highest BCUT2D eigenvalue weighted by Gasteiger charge is 2.38. The number of carboxylic acids is 1. The van der Waals surface area contributed by atoms with Gasteiger partial charge >= 0.3 is 12.1 Å². The van der Waals surface area contributed by atoms with Crippen molar-refractivity contribution in [1.82, 2.24) is 21.3 Å². The summed E-state index contributed by atoms with van der Waals surface area (Å²) < 4.78 is 5.10. The highest BCUT2D eigenvalue weighted by Crippen LogP contribution is 2.18. The van der Waals surface area contributed by atoms with Crippen LogP contribution in [-0.4, -0.2) is 104 Å². The van der Waals surface area contributed by atoms with Gasteiger partial charge in [-0.05, 0) is 23.5 Å². The number of rotatable bonds is 20. The Morgan fingerprint density at radius 2 is 1.32 bits per heavy atom. The van der Waals surface area contributed by atoms with Crippen LogP contribution in [0, 0.1) is 5.92 Å². The van der Waals surface area contributed by atoms with Gasteiger partial charge in [-0.15, -0.1) is 0 Å². The lowest BCUT2D eigenvalue weighted by molar-refractivity contribution is -0.145. The van der Waals surface area contributed by atoms with E-state index in [1.54, 1.807) is 74.5 Å². The summed E-state index contributed by atoms with van der Waals surface area (Å²) in [7, 11) is 0. The van der Waals surface area contributed by atoms with Gasteiger partial charge in [0.1, 0.15) is 30.9 Å². The Bertz CT molecular complexity index is 1430. The minimum absolute atomic E-state index is 0.00833. The van der Waals surface area contributed by atoms with Gasteiger partial charge in [0.25, 0.3) is 5.91 Å². The van der Waals surface area contributed by atoms with E-state index >= 15 is 0 Å². The first-order chi connectivity index (χ1) is 23.6. The fourth-order valence-electron chi connectivity index (χ4n) is 4.76. The van der Waals surface area contributed by atoms with Crippen LogP contribution in [0.4, 0.5) is 4.79 Å². The molecule has 0 aromatic heterocycles. The number of carbonyl (C=O) groups excluding carboxylic acids is 5. The summed E-state index contributed by atoms with van der Waals surface area (Å²) in [5.74, 6) is -5.62. The predicted octanol–water partition coefficient (Wildman–Crippen LogP) is -1.42. The fraction of sp³-hybridized carbons (Fsp3) is 0.455. The summed E-state index contributed by atoms with van der Waals surface area (Å²) in [5.41, 5.74) is 6.31. The quantitative estimate of drug-likeness (QED) is 0.0761. The lowest BCUT2D eigenvalue weighted by Crippen LogP contribution is -2.60. The van der Waals surface area contributed by atoms with E-state index in [1.807, 2.05) is 0 Å². The lowest BCUT2D eigenvalue weighted by Gasteiger charge is -2.31. The van der Waals surface area contributed by atoms with Crippen LogP contribution in [0.15, 0.2) is 60.7 Å². The second-order valence-electron chi connectivity index (χ2n) is 11.9. The van der Waals surface area contributed by atoms with Crippen LogP contribution in [0.2, 0.25) is 0 Å². The van der Waals surface area contributed by atoms with Crippen LogP contribution >= 0.6 is 0 Å². The first-order valence-corrected chi connectivity index (χ1v) is 15.7. The smallest absolute Gasteiger partial charge is 0.408 e. The molecule has 0 radical (unpaired) electrons. The second kappa shape index (κ2) is 20.4. The van der Waals surface area contributed by atoms with Gasteiger partial charge in [-0.3, -0.25) is 24.0 Å². The Morgan fingerprint density at radius 3 is 1.86 bits per heavy atom. The van der Waals surface area contributed by atoms with Gasteiger partial charge in [0, 0.05) is 0 Å². The molecule has 0 heterocycles. The van der Waals surface area contributed by atoms with E-state index in [2.05, 4.69) is 21.3 Å². The van der Waals surface area contributed by atoms with Crippen LogP contribution in [0.1, 0.15) is 50.3 Å². The number of alkyl carbamates (subject to hydrolysis) is 1. The highest BCUT2D eigenvalue weighted by atomic mass is 16.5. The van der Waals surface area contributed by atoms with Crippen molar-refractivity contribution in [3.8, 4) is 0 Å². The summed E-state index contributed by atoms with van der Waals surface area (Å²) in [6, 6.07) is 10.9. The minimum Gasteiger partial charge on any atom is -0.481 e. The first-order valence-electron chi connectivity index (χ1n) is 15.7. The molecular formula is C33H45N5O12. The van der Waals surface area contributed by atoms with Crippen LogP contribution in [0.5, 0.6) is 0 Å². The van der Waals surface area contributed by atoms with Crippen molar-refractivity contribution in [2.45, 2.75) is 82.2 Å². The van der Waals surface area contributed by atoms with Gasteiger partial charge in [0.2, 0.25) is 17.7 Å². The number of nitrogens with one attached hydrogen (secondary N) is 4. The molecule has 274 valence electrons. The molecule has 0 unspecified atom stereocenters. The van der Waals surface area contributed by atoms with E-state index in [0.29, 0.717) is 11.1 Å². The maximum absolute atomic E-state index is 13.3. The molecule has 0 aliphatic rings. The number of carboxylic acid groups (broad SMARTS) is 1. The molecular weight excluding hydrogens is 658 g/mol. The normalized spacial score (nSPS) is 15.3. The third-order valence-corrected chi connectivity index (χ3v) is 7.34. The molecule has 5 amide bonds. The van der Waals surface area contributed by atoms with Crippen LogP contribution in [-0.2, 0) is 35.3 Å². The zero-order valence-corrected chi connectivity index (χ0v) is 27.6. The molecule has 0 aliphatic heterocycles. The van der Waals surface area contributed by atoms with Gasteiger partial charge < -0.3 is 57.3 Å². The summed E-state index contributed by atoms with van der Waals surface area (Å²) >= 11 is 0. The molecule has 2 rings (SSSR count). The van der Waals surface area contributed by atoms with Gasteiger partial charge in [0.15, 0.2) is 6.10 Å². The fourth-order valence-corrected chi connectivity index (χ4v) is 4.76. The van der Waals surface area contributed by atoms with E-state index in [1.165, 1.54) is 0 Å². The Labute approximate surface area is 288 Å². The molecule has 17 nitrogen and oxygen atoms in total. The standard InChI is InChI=1S/C33H45N5O12/c1-18(2)13-22(36-31(47)23(14-25(34)40)38-33(49)50-17-19-9-5-3-6-10-19)30(46)37-24(16-39)27(43)28(44)29(45)32(48)35-21(15-26(41)42)20-11-7-4-8-12-20/h3-12,18,21-24,27-29,39,43-45H,13-17H2,1-2H3,(H2,34,40)(H,35,48)(H,36,47)(H,37,46)(H,38,49)(H,41,42)/t21-,22-,23-,24-,27+,28+,29-/m0/s1. The van der Waals surface area contributed by atoms with E-state index in [4.69, 9.17) is 10.5 Å². The Kier molecular flexibility index (Phi) is 16.8. The monoisotopic (exact) mass is 703 g/mol. The number of hydrogen-bond donors (Lipinski definition) is 10. The van der Waals surface area contributed by atoms with E-state index < -0.39 is 97.6 Å². The predicted molar refractivity (Wildman–Crippen MR) is 175 cm³/mol. The van der Waals surface area contributed by atoms with Crippen molar-refractivity contribution in [1.29, 1.82) is 0 Å². The molecule has 50 heavy (non-hydrogen) atoms. The van der Waals surface area contributed by atoms with Crippen LogP contribution in [0.25, 0.3) is 0 Å². The molecule has 0 spiro atoms. The molecule has 2 aromatic carbocycles. The average Bonchev–Trinajstić information content (AvgIpc) is 3.07. The van der Waals surface area contributed by atoms with Gasteiger partial charge in [-0.25, -0.2) is 4.79 Å². The molecule has 0 aliphatic carbocycles. The van der Waals surface area contributed by atoms with Crippen molar-refractivity contribution < 1.29 is 59.0 Å². The number of ether oxygens (including phenoxy) is 1. The molecule has 0 saturated heterocycles. The zero-order valence-electron chi connectivity index (χ0n) is 27.6. The Hall–Kier alpha value is -5.10. The van der Waals surface area contributed by atoms with E-state index in [0.717, 1.165) is 0 Å². The van der Waals surface area contributed by atoms with Crippen LogP contribution in [0.3, 0.4) is 0 Å². The number of hydrogen-bond acceptors (Lipinski definition) is 11. The minimum atomic E-state index is -2.33. The topological polar surface area (TPSA) is 287 Å². The number of aliphatic hydroxyl groups excluding tert-OH is 4. The first kappa shape index (κ1) is 41.1. The van der Waals surface area contributed by atoms with Crippen molar-refractivity contribution in [2.75, 3.05) is 6.61 Å². The number of nitrogens with two attached hydrogens (primary N) is 1. The van der Waals surface area contributed by atoms with Gasteiger partial charge in [-0.2, -0.15) is 0 Å². The number of aliphatic carboxylic acids is 1. The van der Waals surface area contributed by atoms with Crippen molar-refractivity contribution in [3.63, 3.8) is 0 Å². The summed E-state index contributed by atoms with van der Waals surface area (Å²) in [4.78, 5) is 74.7. The average molecular weight is 704 g/mol. The number of benzene rings is 2. The van der Waals surface area contributed by atoms with Crippen molar-refractivity contribution >= 4 is 35.7 Å². The molecule has 11 N–H and O–H groups in total. The Balaban J connectivity index is 2.11. The Morgan fingerprint density at radius 1 is 0.740 bits per heavy atom. The lowest BCUT2D eigenvalue weighted by atomic mass is 9.98. The maximum Gasteiger partial charge on any atom is 0.408 e. The third-order valence-electron chi connectivity index (χ3n) is 7.34. The van der Waals surface area contributed by atoms with Crippen LogP contribution < -0.4 is 27.0 Å². The summed E-state index contributed by atoms with van der Waals surface area (Å²) in [6.45, 7) is 2.30. The molecule has 0 bridgehead atoms. The van der Waals surface area contributed by atoms with E-state index in [-0.39, 0.29) is 18.9 Å². The van der Waals surface area contributed by atoms with Crippen molar-refractivity contribution in [2.24, 2.45) is 11.7 Å². The van der Waals surface area contributed by atoms with Crippen molar-refractivity contribution in [3.05, 3.63) is 71.8 Å². The number of aliphatic hydroxyl groups is 4. The molecule has 0 fully saturated rings. The third kappa shape index (κ3) is 13.8. The van der Waals surface area contributed by atoms with Gasteiger partial charge in [0.05, 0.1) is 31.5 Å². The number of carbonyl (C=O) groups is 6. The van der Waals surface area contributed by atoms with Gasteiger partial charge in [-0.1, -0.05) is 74.5 Å². The number of amides is 5. The highest BCUT2D eigenvalue weighted by molar-refractivity contribution is 5.94. The largest absolute Gasteiger partial charge is 0.481 e. The zero-order chi connectivity index (χ0) is 37.4. The maximum atomic E-state index is 13.3. The molecule has 7 atom stereocenters. The second-order valence-corrected chi connectivity index (χ2v) is 11.9. The molecule has 17 heteroatoms. The SMILES string of the molecule is CC(C)C[C@H](NC(=O)[C@H](CC(N)=O)NC(=O)OCc1ccccc1)C(=O)N[C@@H](CO)[C@@H](O)[C@@H](O)[C@H](O)C(=O)N[C@@H](CC(=O)O)c1ccccc1. The van der Waals surface area contributed by atoms with E-state index in [9.17, 15) is 54.3 Å². The summed E-state index contributed by atoms with van der Waals surface area (Å²) in [5, 5.41) is 60.3. The molecule has 2 aromatic rings.